The summed E-state index contributed by atoms with van der Waals surface area (Å²) in [6, 6.07) is 2.78. The minimum absolute atomic E-state index is 0.113. The Bertz CT molecular complexity index is 683. The number of nitro groups is 1. The molecule has 0 spiro atoms. The van der Waals surface area contributed by atoms with E-state index < -0.39 is 4.92 Å². The average Bonchev–Trinajstić information content (AvgIpc) is 2.44. The van der Waals surface area contributed by atoms with Crippen molar-refractivity contribution in [3.63, 3.8) is 0 Å². The van der Waals surface area contributed by atoms with Crippen LogP contribution in [0, 0.1) is 30.9 Å². The molecule has 2 heterocycles. The molecule has 21 heavy (non-hydrogen) atoms. The van der Waals surface area contributed by atoms with Gasteiger partial charge in [0.2, 0.25) is 0 Å². The lowest BCUT2D eigenvalue weighted by molar-refractivity contribution is -0.388. The Labute approximate surface area is 125 Å². The van der Waals surface area contributed by atoms with Gasteiger partial charge in [0.05, 0.1) is 4.92 Å². The third kappa shape index (κ3) is 3.26. The van der Waals surface area contributed by atoms with Crippen molar-refractivity contribution in [3.05, 3.63) is 39.2 Å². The van der Waals surface area contributed by atoms with Crippen LogP contribution in [0.25, 0.3) is 0 Å². The molecule has 0 aliphatic rings. The smallest absolute Gasteiger partial charge is 0.301 e. The third-order valence-corrected chi connectivity index (χ3v) is 3.84. The Kier molecular flexibility index (Phi) is 4.34. The Balaban J connectivity index is 2.45. The first-order valence-corrected chi connectivity index (χ1v) is 6.85. The number of rotatable bonds is 4. The lowest BCUT2D eigenvalue weighted by Crippen LogP contribution is -2.09. The minimum atomic E-state index is -0.496. The molecule has 0 atom stereocenters. The summed E-state index contributed by atoms with van der Waals surface area (Å²) in [7, 11) is 0. The van der Waals surface area contributed by atoms with Gasteiger partial charge in [-0.25, -0.2) is 20.8 Å². The van der Waals surface area contributed by atoms with Crippen molar-refractivity contribution in [3.8, 4) is 0 Å². The van der Waals surface area contributed by atoms with Gasteiger partial charge in [-0.15, -0.1) is 0 Å². The van der Waals surface area contributed by atoms with Crippen molar-refractivity contribution in [2.24, 2.45) is 5.84 Å². The maximum Gasteiger partial charge on any atom is 0.301 e. The number of nitrogens with zero attached hydrogens (tertiary/aromatic N) is 4. The minimum Gasteiger partial charge on any atom is -0.308 e. The van der Waals surface area contributed by atoms with Crippen molar-refractivity contribution in [2.75, 3.05) is 5.43 Å². The molecular formula is C12H14N6O2S. The summed E-state index contributed by atoms with van der Waals surface area (Å²) in [5, 5.41) is 11.7. The van der Waals surface area contributed by atoms with E-state index in [1.807, 2.05) is 20.8 Å². The van der Waals surface area contributed by atoms with E-state index in [0.29, 0.717) is 11.0 Å². The highest BCUT2D eigenvalue weighted by Crippen LogP contribution is 2.32. The van der Waals surface area contributed by atoms with Gasteiger partial charge < -0.3 is 5.43 Å². The molecule has 0 bridgehead atoms. The highest BCUT2D eigenvalue weighted by atomic mass is 32.2. The van der Waals surface area contributed by atoms with Crippen LogP contribution in [0.1, 0.15) is 17.0 Å². The van der Waals surface area contributed by atoms with Gasteiger partial charge in [0, 0.05) is 17.5 Å². The largest absolute Gasteiger partial charge is 0.308 e. The van der Waals surface area contributed by atoms with Gasteiger partial charge in [-0.05, 0) is 44.2 Å². The van der Waals surface area contributed by atoms with Crippen LogP contribution in [0.15, 0.2) is 22.3 Å². The van der Waals surface area contributed by atoms with E-state index in [1.54, 1.807) is 0 Å². The normalized spacial score (nSPS) is 10.5. The summed E-state index contributed by atoms with van der Waals surface area (Å²) in [6.07, 6.45) is 0. The SMILES string of the molecule is Cc1nc(Sc2nc(NN)ccc2[N+](=O)[O-])nc(C)c1C. The first kappa shape index (κ1) is 15.1. The van der Waals surface area contributed by atoms with Crippen LogP contribution in [-0.4, -0.2) is 19.9 Å². The van der Waals surface area contributed by atoms with Crippen LogP contribution in [0.4, 0.5) is 11.5 Å². The summed E-state index contributed by atoms with van der Waals surface area (Å²) in [5.41, 5.74) is 4.92. The lowest BCUT2D eigenvalue weighted by Gasteiger charge is -2.07. The van der Waals surface area contributed by atoms with E-state index in [2.05, 4.69) is 20.4 Å². The maximum absolute atomic E-state index is 11.1. The maximum atomic E-state index is 11.1. The fourth-order valence-electron chi connectivity index (χ4n) is 1.60. The van der Waals surface area contributed by atoms with E-state index in [-0.39, 0.29) is 10.7 Å². The van der Waals surface area contributed by atoms with E-state index in [9.17, 15) is 10.1 Å². The van der Waals surface area contributed by atoms with Crippen LogP contribution in [0.3, 0.4) is 0 Å². The molecule has 0 aliphatic carbocycles. The average molecular weight is 306 g/mol. The predicted molar refractivity (Wildman–Crippen MR) is 79.1 cm³/mol. The zero-order valence-electron chi connectivity index (χ0n) is 11.7. The van der Waals surface area contributed by atoms with Crippen molar-refractivity contribution >= 4 is 23.3 Å². The van der Waals surface area contributed by atoms with Crippen LogP contribution in [0.5, 0.6) is 0 Å². The molecule has 2 aromatic rings. The predicted octanol–water partition coefficient (Wildman–Crippen LogP) is 2.14. The van der Waals surface area contributed by atoms with E-state index in [4.69, 9.17) is 5.84 Å². The van der Waals surface area contributed by atoms with Crippen molar-refractivity contribution < 1.29 is 4.92 Å². The molecule has 9 heteroatoms. The highest BCUT2D eigenvalue weighted by molar-refractivity contribution is 7.99. The quantitative estimate of drug-likeness (QED) is 0.381. The summed E-state index contributed by atoms with van der Waals surface area (Å²) in [5.74, 6) is 5.62. The summed E-state index contributed by atoms with van der Waals surface area (Å²) < 4.78 is 0. The molecule has 0 saturated heterocycles. The molecule has 110 valence electrons. The second-order valence-corrected chi connectivity index (χ2v) is 5.28. The molecular weight excluding hydrogens is 292 g/mol. The second kappa shape index (κ2) is 6.02. The van der Waals surface area contributed by atoms with Gasteiger partial charge in [-0.2, -0.15) is 0 Å². The van der Waals surface area contributed by atoms with Gasteiger partial charge in [-0.3, -0.25) is 10.1 Å². The van der Waals surface area contributed by atoms with E-state index in [0.717, 1.165) is 28.7 Å². The molecule has 0 unspecified atom stereocenters. The van der Waals surface area contributed by atoms with Gasteiger partial charge in [0.15, 0.2) is 10.2 Å². The van der Waals surface area contributed by atoms with Crippen molar-refractivity contribution in [1.29, 1.82) is 0 Å². The number of pyridine rings is 1. The van der Waals surface area contributed by atoms with Gasteiger partial charge >= 0.3 is 5.69 Å². The molecule has 2 rings (SSSR count). The monoisotopic (exact) mass is 306 g/mol. The second-order valence-electron chi connectivity index (χ2n) is 4.33. The molecule has 0 aromatic carbocycles. The molecule has 0 fully saturated rings. The number of nitrogens with one attached hydrogen (secondary N) is 1. The van der Waals surface area contributed by atoms with Crippen LogP contribution >= 0.6 is 11.8 Å². The number of nitrogens with two attached hydrogens (primary N) is 1. The Morgan fingerprint density at radius 3 is 2.33 bits per heavy atom. The number of anilines is 1. The van der Waals surface area contributed by atoms with Gasteiger partial charge in [0.25, 0.3) is 0 Å². The summed E-state index contributed by atoms with van der Waals surface area (Å²) in [4.78, 5) is 23.3. The molecule has 0 aliphatic heterocycles. The van der Waals surface area contributed by atoms with Crippen LogP contribution in [0.2, 0.25) is 0 Å². The molecule has 8 nitrogen and oxygen atoms in total. The number of hydrogen-bond acceptors (Lipinski definition) is 8. The van der Waals surface area contributed by atoms with Gasteiger partial charge in [0.1, 0.15) is 5.82 Å². The molecule has 0 radical (unpaired) electrons. The number of hydrogen-bond donors (Lipinski definition) is 2. The Morgan fingerprint density at radius 2 is 1.81 bits per heavy atom. The van der Waals surface area contributed by atoms with E-state index >= 15 is 0 Å². The van der Waals surface area contributed by atoms with Crippen LogP contribution in [-0.2, 0) is 0 Å². The fraction of sp³-hybridized carbons (Fsp3) is 0.250. The Hall–Kier alpha value is -2.26. The number of aromatic nitrogens is 3. The molecule has 0 amide bonds. The first-order chi connectivity index (χ1) is 9.92. The Morgan fingerprint density at radius 1 is 1.19 bits per heavy atom. The summed E-state index contributed by atoms with van der Waals surface area (Å²) >= 11 is 1.04. The topological polar surface area (TPSA) is 120 Å². The van der Waals surface area contributed by atoms with Gasteiger partial charge in [-0.1, -0.05) is 0 Å². The molecule has 3 N–H and O–H groups in total. The third-order valence-electron chi connectivity index (χ3n) is 2.98. The van der Waals surface area contributed by atoms with E-state index in [1.165, 1.54) is 12.1 Å². The number of hydrazine groups is 1. The lowest BCUT2D eigenvalue weighted by atomic mass is 10.2. The summed E-state index contributed by atoms with van der Waals surface area (Å²) in [6.45, 7) is 5.67. The van der Waals surface area contributed by atoms with Crippen LogP contribution < -0.4 is 11.3 Å². The number of aryl methyl sites for hydroxylation is 2. The standard InChI is InChI=1S/C12H14N6O2S/c1-6-7(2)14-12(15-8(6)3)21-11-9(18(19)20)4-5-10(16-11)17-13/h4-5H,13H2,1-3H3,(H,16,17). The molecule has 0 saturated carbocycles. The van der Waals surface area contributed by atoms with Crippen molar-refractivity contribution in [2.45, 2.75) is 31.0 Å². The zero-order chi connectivity index (χ0) is 15.6. The molecule has 2 aromatic heterocycles. The first-order valence-electron chi connectivity index (χ1n) is 6.04. The zero-order valence-corrected chi connectivity index (χ0v) is 12.6. The fourth-order valence-corrected chi connectivity index (χ4v) is 2.53. The number of nitrogen functional groups attached to an aromatic ring is 1. The highest BCUT2D eigenvalue weighted by Gasteiger charge is 2.19. The van der Waals surface area contributed by atoms with Crippen molar-refractivity contribution in [1.82, 2.24) is 15.0 Å².